The smallest absolute Gasteiger partial charge is 0.232 e. The molecule has 0 saturated carbocycles. The SMILES string of the molecule is CCCCn1c(C(=O)c2c[nH]c3ccccc23)n[nH]c1=S. The van der Waals surface area contributed by atoms with E-state index in [4.69, 9.17) is 12.2 Å². The second-order valence-electron chi connectivity index (χ2n) is 4.93. The lowest BCUT2D eigenvalue weighted by molar-refractivity contribution is 0.102. The number of H-pyrrole nitrogens is 2. The van der Waals surface area contributed by atoms with Gasteiger partial charge in [0, 0.05) is 23.6 Å². The first-order valence-corrected chi connectivity index (χ1v) is 7.39. The molecule has 0 unspecified atom stereocenters. The van der Waals surface area contributed by atoms with Gasteiger partial charge in [-0.15, -0.1) is 0 Å². The maximum Gasteiger partial charge on any atom is 0.232 e. The van der Waals surface area contributed by atoms with Crippen molar-refractivity contribution in [3.05, 3.63) is 46.6 Å². The Hall–Kier alpha value is -2.21. The molecule has 3 aromatic rings. The van der Waals surface area contributed by atoms with Gasteiger partial charge in [-0.3, -0.25) is 14.5 Å². The minimum absolute atomic E-state index is 0.115. The molecule has 3 rings (SSSR count). The number of hydrogen-bond acceptors (Lipinski definition) is 3. The van der Waals surface area contributed by atoms with E-state index in [-0.39, 0.29) is 5.78 Å². The van der Waals surface area contributed by atoms with Gasteiger partial charge in [0.1, 0.15) is 0 Å². The van der Waals surface area contributed by atoms with Crippen molar-refractivity contribution in [1.29, 1.82) is 0 Å². The molecule has 0 fully saturated rings. The summed E-state index contributed by atoms with van der Waals surface area (Å²) in [7, 11) is 0. The van der Waals surface area contributed by atoms with Crippen LogP contribution < -0.4 is 0 Å². The molecule has 108 valence electrons. The van der Waals surface area contributed by atoms with Crippen LogP contribution in [-0.4, -0.2) is 25.5 Å². The van der Waals surface area contributed by atoms with Crippen molar-refractivity contribution in [2.45, 2.75) is 26.3 Å². The maximum absolute atomic E-state index is 12.7. The van der Waals surface area contributed by atoms with E-state index < -0.39 is 0 Å². The number of rotatable bonds is 5. The van der Waals surface area contributed by atoms with E-state index in [1.165, 1.54) is 0 Å². The van der Waals surface area contributed by atoms with E-state index in [2.05, 4.69) is 22.1 Å². The lowest BCUT2D eigenvalue weighted by Gasteiger charge is -2.04. The molecule has 2 aromatic heterocycles. The van der Waals surface area contributed by atoms with Crippen molar-refractivity contribution in [3.8, 4) is 0 Å². The van der Waals surface area contributed by atoms with Crippen molar-refractivity contribution >= 4 is 28.9 Å². The number of carbonyl (C=O) groups excluding carboxylic acids is 1. The van der Waals surface area contributed by atoms with Gasteiger partial charge in [0.05, 0.1) is 5.56 Å². The van der Waals surface area contributed by atoms with Crippen LogP contribution in [0.1, 0.15) is 35.9 Å². The number of para-hydroxylation sites is 1. The van der Waals surface area contributed by atoms with Gasteiger partial charge < -0.3 is 4.98 Å². The van der Waals surface area contributed by atoms with Gasteiger partial charge in [-0.25, -0.2) is 0 Å². The highest BCUT2D eigenvalue weighted by Crippen LogP contribution is 2.20. The average molecular weight is 300 g/mol. The molecule has 6 heteroatoms. The van der Waals surface area contributed by atoms with Crippen LogP contribution in [0.2, 0.25) is 0 Å². The van der Waals surface area contributed by atoms with Gasteiger partial charge >= 0.3 is 0 Å². The molecule has 0 aliphatic rings. The van der Waals surface area contributed by atoms with E-state index in [0.29, 0.717) is 22.7 Å². The number of nitrogens with one attached hydrogen (secondary N) is 2. The Morgan fingerprint density at radius 1 is 1.38 bits per heavy atom. The van der Waals surface area contributed by atoms with Crippen LogP contribution in [-0.2, 0) is 6.54 Å². The molecular weight excluding hydrogens is 284 g/mol. The summed E-state index contributed by atoms with van der Waals surface area (Å²) >= 11 is 5.22. The molecule has 0 spiro atoms. The zero-order valence-corrected chi connectivity index (χ0v) is 12.5. The van der Waals surface area contributed by atoms with Crippen molar-refractivity contribution in [2.24, 2.45) is 0 Å². The number of fused-ring (bicyclic) bond motifs is 1. The van der Waals surface area contributed by atoms with Crippen LogP contribution >= 0.6 is 12.2 Å². The first-order chi connectivity index (χ1) is 10.2. The highest BCUT2D eigenvalue weighted by atomic mass is 32.1. The van der Waals surface area contributed by atoms with Crippen LogP contribution in [0.25, 0.3) is 10.9 Å². The molecule has 5 nitrogen and oxygen atoms in total. The predicted octanol–water partition coefficient (Wildman–Crippen LogP) is 3.45. The van der Waals surface area contributed by atoms with E-state index in [1.54, 1.807) is 10.8 Å². The van der Waals surface area contributed by atoms with Gasteiger partial charge in [0.25, 0.3) is 0 Å². The standard InChI is InChI=1S/C15H16N4OS/c1-2-3-8-19-14(17-18-15(19)21)13(20)11-9-16-12-7-5-4-6-10(11)12/h4-7,9,16H,2-3,8H2,1H3,(H,18,21). The van der Waals surface area contributed by atoms with Crippen molar-refractivity contribution in [2.75, 3.05) is 0 Å². The fourth-order valence-corrected chi connectivity index (χ4v) is 2.62. The molecule has 2 heterocycles. The Kier molecular flexibility index (Phi) is 3.70. The second kappa shape index (κ2) is 5.65. The Balaban J connectivity index is 2.05. The summed E-state index contributed by atoms with van der Waals surface area (Å²) < 4.78 is 2.27. The molecule has 0 saturated heterocycles. The van der Waals surface area contributed by atoms with Gasteiger partial charge in [-0.2, -0.15) is 5.10 Å². The molecular formula is C15H16N4OS. The quantitative estimate of drug-likeness (QED) is 0.560. The number of nitrogens with zero attached hydrogens (tertiary/aromatic N) is 2. The Bertz CT molecular complexity index is 843. The molecule has 0 amide bonds. The topological polar surface area (TPSA) is 66.5 Å². The zero-order chi connectivity index (χ0) is 14.8. The number of benzene rings is 1. The van der Waals surface area contributed by atoms with Crippen molar-refractivity contribution in [3.63, 3.8) is 0 Å². The number of unbranched alkanes of at least 4 members (excludes halogenated alkanes) is 1. The molecule has 2 N–H and O–H groups in total. The van der Waals surface area contributed by atoms with Crippen LogP contribution in [0, 0.1) is 4.77 Å². The summed E-state index contributed by atoms with van der Waals surface area (Å²) in [4.78, 5) is 15.9. The Labute approximate surface area is 127 Å². The van der Waals surface area contributed by atoms with E-state index >= 15 is 0 Å². The monoisotopic (exact) mass is 300 g/mol. The number of carbonyl (C=O) groups is 1. The fourth-order valence-electron chi connectivity index (χ4n) is 2.39. The minimum atomic E-state index is -0.115. The normalized spacial score (nSPS) is 11.1. The summed E-state index contributed by atoms with van der Waals surface area (Å²) in [5, 5.41) is 7.74. The van der Waals surface area contributed by atoms with Gasteiger partial charge in [-0.1, -0.05) is 31.5 Å². The lowest BCUT2D eigenvalue weighted by atomic mass is 10.1. The largest absolute Gasteiger partial charge is 0.360 e. The zero-order valence-electron chi connectivity index (χ0n) is 11.7. The number of ketones is 1. The fraction of sp³-hybridized carbons (Fsp3) is 0.267. The predicted molar refractivity (Wildman–Crippen MR) is 84.1 cm³/mol. The van der Waals surface area contributed by atoms with Crippen LogP contribution in [0.4, 0.5) is 0 Å². The first-order valence-electron chi connectivity index (χ1n) is 6.98. The van der Waals surface area contributed by atoms with Gasteiger partial charge in [0.15, 0.2) is 4.77 Å². The van der Waals surface area contributed by atoms with Gasteiger partial charge in [0.2, 0.25) is 11.6 Å². The molecule has 0 radical (unpaired) electrons. The first kappa shape index (κ1) is 13.8. The molecule has 0 aliphatic heterocycles. The van der Waals surface area contributed by atoms with Crippen LogP contribution in [0.3, 0.4) is 0 Å². The van der Waals surface area contributed by atoms with E-state index in [1.807, 2.05) is 24.3 Å². The second-order valence-corrected chi connectivity index (χ2v) is 5.32. The number of aromatic nitrogens is 4. The minimum Gasteiger partial charge on any atom is -0.360 e. The highest BCUT2D eigenvalue weighted by molar-refractivity contribution is 7.71. The molecule has 0 bridgehead atoms. The summed E-state index contributed by atoms with van der Waals surface area (Å²) in [6.07, 6.45) is 3.73. The Morgan fingerprint density at radius 3 is 3.00 bits per heavy atom. The maximum atomic E-state index is 12.7. The third-order valence-corrected chi connectivity index (χ3v) is 3.84. The molecule has 1 aromatic carbocycles. The van der Waals surface area contributed by atoms with Gasteiger partial charge in [-0.05, 0) is 24.7 Å². The Morgan fingerprint density at radius 2 is 2.19 bits per heavy atom. The van der Waals surface area contributed by atoms with E-state index in [9.17, 15) is 4.79 Å². The summed E-state index contributed by atoms with van der Waals surface area (Å²) in [6, 6.07) is 7.72. The van der Waals surface area contributed by atoms with Crippen LogP contribution in [0.5, 0.6) is 0 Å². The van der Waals surface area contributed by atoms with Crippen molar-refractivity contribution < 1.29 is 4.79 Å². The highest BCUT2D eigenvalue weighted by Gasteiger charge is 2.20. The third-order valence-electron chi connectivity index (χ3n) is 3.53. The molecule has 0 atom stereocenters. The van der Waals surface area contributed by atoms with Crippen LogP contribution in [0.15, 0.2) is 30.5 Å². The summed E-state index contributed by atoms with van der Waals surface area (Å²) in [6.45, 7) is 2.81. The van der Waals surface area contributed by atoms with Crippen molar-refractivity contribution in [1.82, 2.24) is 19.7 Å². The number of aromatic amines is 2. The summed E-state index contributed by atoms with van der Waals surface area (Å²) in [5.41, 5.74) is 1.56. The third kappa shape index (κ3) is 2.42. The molecule has 0 aliphatic carbocycles. The summed E-state index contributed by atoms with van der Waals surface area (Å²) in [5.74, 6) is 0.258. The lowest BCUT2D eigenvalue weighted by Crippen LogP contribution is -2.11. The molecule has 21 heavy (non-hydrogen) atoms. The number of hydrogen-bond donors (Lipinski definition) is 2. The average Bonchev–Trinajstić information content (AvgIpc) is 3.08. The van der Waals surface area contributed by atoms with E-state index in [0.717, 1.165) is 23.7 Å².